The van der Waals surface area contributed by atoms with E-state index in [-0.39, 0.29) is 17.9 Å². The molecule has 2 aliphatic rings. The summed E-state index contributed by atoms with van der Waals surface area (Å²) < 4.78 is 37.6. The Bertz CT molecular complexity index is 483. The summed E-state index contributed by atoms with van der Waals surface area (Å²) in [5.74, 6) is 0.642. The highest BCUT2D eigenvalue weighted by Gasteiger charge is 2.35. The van der Waals surface area contributed by atoms with E-state index >= 15 is 0 Å². The molecule has 0 spiro atoms. The van der Waals surface area contributed by atoms with Crippen LogP contribution in [-0.2, 0) is 4.79 Å². The predicted octanol–water partition coefficient (Wildman–Crippen LogP) is 1.18. The SMILES string of the molecule is CCN=C(NC1CCN(CC(F)(F)F)C1)N1CCCC(CC(N)=O)C1. The second kappa shape index (κ2) is 8.73. The van der Waals surface area contributed by atoms with Crippen molar-refractivity contribution in [3.63, 3.8) is 0 Å². The van der Waals surface area contributed by atoms with E-state index in [1.165, 1.54) is 4.90 Å². The normalized spacial score (nSPS) is 26.1. The maximum absolute atomic E-state index is 12.5. The van der Waals surface area contributed by atoms with Gasteiger partial charge in [0.1, 0.15) is 0 Å². The van der Waals surface area contributed by atoms with Crippen LogP contribution in [0.3, 0.4) is 0 Å². The quantitative estimate of drug-likeness (QED) is 0.568. The standard InChI is InChI=1S/C16H28F3N5O/c1-2-21-15(24-6-3-4-12(9-24)8-14(20)25)22-13-5-7-23(10-13)11-16(17,18)19/h12-13H,2-11H2,1H3,(H2,20,25)(H,21,22). The van der Waals surface area contributed by atoms with Crippen molar-refractivity contribution >= 4 is 11.9 Å². The highest BCUT2D eigenvalue weighted by atomic mass is 19.4. The molecular formula is C16H28F3N5O. The fraction of sp³-hybridized carbons (Fsp3) is 0.875. The van der Waals surface area contributed by atoms with Crippen molar-refractivity contribution in [2.24, 2.45) is 16.6 Å². The number of nitrogens with two attached hydrogens (primary N) is 1. The molecule has 0 aromatic heterocycles. The molecule has 9 heteroatoms. The number of likely N-dealkylation sites (tertiary alicyclic amines) is 2. The third-order valence-electron chi connectivity index (χ3n) is 4.62. The molecule has 0 bridgehead atoms. The van der Waals surface area contributed by atoms with Crippen LogP contribution in [0.2, 0.25) is 0 Å². The third kappa shape index (κ3) is 6.72. The van der Waals surface area contributed by atoms with Gasteiger partial charge in [-0.3, -0.25) is 14.7 Å². The number of guanidine groups is 1. The predicted molar refractivity (Wildman–Crippen MR) is 90.1 cm³/mol. The molecule has 0 radical (unpaired) electrons. The number of carbonyl (C=O) groups excluding carboxylic acids is 1. The minimum atomic E-state index is -4.16. The summed E-state index contributed by atoms with van der Waals surface area (Å²) >= 11 is 0. The molecule has 0 aromatic carbocycles. The van der Waals surface area contributed by atoms with Crippen molar-refractivity contribution in [2.45, 2.75) is 44.8 Å². The van der Waals surface area contributed by atoms with Crippen LogP contribution in [-0.4, -0.2) is 73.2 Å². The smallest absolute Gasteiger partial charge is 0.370 e. The summed E-state index contributed by atoms with van der Waals surface area (Å²) in [5.41, 5.74) is 5.30. The van der Waals surface area contributed by atoms with Gasteiger partial charge in [-0.2, -0.15) is 13.2 Å². The van der Waals surface area contributed by atoms with Crippen LogP contribution in [0, 0.1) is 5.92 Å². The fourth-order valence-electron chi connectivity index (χ4n) is 3.63. The number of amides is 1. The Labute approximate surface area is 146 Å². The monoisotopic (exact) mass is 363 g/mol. The van der Waals surface area contributed by atoms with Crippen LogP contribution in [0.25, 0.3) is 0 Å². The van der Waals surface area contributed by atoms with E-state index in [9.17, 15) is 18.0 Å². The van der Waals surface area contributed by atoms with Crippen LogP contribution in [0.1, 0.15) is 32.6 Å². The molecule has 2 unspecified atom stereocenters. The first-order valence-corrected chi connectivity index (χ1v) is 8.90. The highest BCUT2D eigenvalue weighted by molar-refractivity contribution is 5.80. The maximum Gasteiger partial charge on any atom is 0.401 e. The number of carbonyl (C=O) groups is 1. The molecule has 2 fully saturated rings. The molecule has 3 N–H and O–H groups in total. The van der Waals surface area contributed by atoms with Gasteiger partial charge in [-0.15, -0.1) is 0 Å². The van der Waals surface area contributed by atoms with Crippen molar-refractivity contribution < 1.29 is 18.0 Å². The molecule has 0 saturated carbocycles. The summed E-state index contributed by atoms with van der Waals surface area (Å²) in [5, 5.41) is 3.33. The van der Waals surface area contributed by atoms with E-state index in [0.717, 1.165) is 25.3 Å². The number of halogens is 3. The lowest BCUT2D eigenvalue weighted by atomic mass is 9.95. The van der Waals surface area contributed by atoms with E-state index < -0.39 is 12.7 Å². The number of hydrogen-bond acceptors (Lipinski definition) is 3. The first-order chi connectivity index (χ1) is 11.8. The summed E-state index contributed by atoms with van der Waals surface area (Å²) in [6, 6.07) is -0.0378. The Hall–Kier alpha value is -1.51. The average Bonchev–Trinajstić information content (AvgIpc) is 2.91. The summed E-state index contributed by atoms with van der Waals surface area (Å²) in [6.07, 6.45) is -1.23. The molecule has 2 heterocycles. The number of alkyl halides is 3. The Kier molecular flexibility index (Phi) is 6.92. The van der Waals surface area contributed by atoms with Gasteiger partial charge in [-0.1, -0.05) is 0 Å². The van der Waals surface area contributed by atoms with E-state index in [2.05, 4.69) is 15.2 Å². The lowest BCUT2D eigenvalue weighted by Crippen LogP contribution is -2.51. The number of nitrogens with one attached hydrogen (secondary N) is 1. The van der Waals surface area contributed by atoms with Crippen LogP contribution < -0.4 is 11.1 Å². The fourth-order valence-corrected chi connectivity index (χ4v) is 3.63. The zero-order chi connectivity index (χ0) is 18.4. The van der Waals surface area contributed by atoms with Crippen LogP contribution in [0.5, 0.6) is 0 Å². The van der Waals surface area contributed by atoms with Crippen LogP contribution in [0.4, 0.5) is 13.2 Å². The van der Waals surface area contributed by atoms with Crippen molar-refractivity contribution in [3.05, 3.63) is 0 Å². The molecule has 25 heavy (non-hydrogen) atoms. The van der Waals surface area contributed by atoms with E-state index in [0.29, 0.717) is 39.0 Å². The second-order valence-electron chi connectivity index (χ2n) is 6.90. The van der Waals surface area contributed by atoms with Gasteiger partial charge in [0.05, 0.1) is 6.54 Å². The minimum Gasteiger partial charge on any atom is -0.370 e. The van der Waals surface area contributed by atoms with Crippen LogP contribution >= 0.6 is 0 Å². The first kappa shape index (κ1) is 19.8. The Morgan fingerprint density at radius 3 is 2.68 bits per heavy atom. The van der Waals surface area contributed by atoms with Gasteiger partial charge in [-0.05, 0) is 32.1 Å². The minimum absolute atomic E-state index is 0.0378. The molecular weight excluding hydrogens is 335 g/mol. The first-order valence-electron chi connectivity index (χ1n) is 8.90. The Morgan fingerprint density at radius 1 is 1.28 bits per heavy atom. The summed E-state index contributed by atoms with van der Waals surface area (Å²) in [4.78, 5) is 19.2. The van der Waals surface area contributed by atoms with E-state index in [1.54, 1.807) is 0 Å². The molecule has 2 saturated heterocycles. The molecule has 0 aliphatic carbocycles. The molecule has 0 aromatic rings. The van der Waals surface area contributed by atoms with Gasteiger partial charge in [0.15, 0.2) is 5.96 Å². The Balaban J connectivity index is 1.91. The lowest BCUT2D eigenvalue weighted by molar-refractivity contribution is -0.143. The number of rotatable bonds is 5. The molecule has 6 nitrogen and oxygen atoms in total. The van der Waals surface area contributed by atoms with Crippen LogP contribution in [0.15, 0.2) is 4.99 Å². The molecule has 2 rings (SSSR count). The van der Waals surface area contributed by atoms with Gasteiger partial charge in [0.2, 0.25) is 5.91 Å². The molecule has 1 amide bonds. The van der Waals surface area contributed by atoms with Gasteiger partial charge in [0, 0.05) is 45.2 Å². The summed E-state index contributed by atoms with van der Waals surface area (Å²) in [6.45, 7) is 3.99. The maximum atomic E-state index is 12.5. The largest absolute Gasteiger partial charge is 0.401 e. The van der Waals surface area contributed by atoms with Gasteiger partial charge < -0.3 is 16.0 Å². The number of primary amides is 1. The Morgan fingerprint density at radius 2 is 2.04 bits per heavy atom. The van der Waals surface area contributed by atoms with Gasteiger partial charge >= 0.3 is 6.18 Å². The molecule has 2 atom stereocenters. The number of hydrogen-bond donors (Lipinski definition) is 2. The number of piperidine rings is 1. The highest BCUT2D eigenvalue weighted by Crippen LogP contribution is 2.22. The summed E-state index contributed by atoms with van der Waals surface area (Å²) in [7, 11) is 0. The topological polar surface area (TPSA) is 74.0 Å². The van der Waals surface area contributed by atoms with Gasteiger partial charge in [-0.25, -0.2) is 0 Å². The van der Waals surface area contributed by atoms with Crippen molar-refractivity contribution in [1.29, 1.82) is 0 Å². The third-order valence-corrected chi connectivity index (χ3v) is 4.62. The lowest BCUT2D eigenvalue weighted by Gasteiger charge is -2.35. The van der Waals surface area contributed by atoms with Gasteiger partial charge in [0.25, 0.3) is 0 Å². The second-order valence-corrected chi connectivity index (χ2v) is 6.90. The van der Waals surface area contributed by atoms with E-state index in [1.807, 2.05) is 6.92 Å². The zero-order valence-electron chi connectivity index (χ0n) is 14.7. The van der Waals surface area contributed by atoms with Crippen molar-refractivity contribution in [1.82, 2.24) is 15.1 Å². The van der Waals surface area contributed by atoms with Crippen molar-refractivity contribution in [3.8, 4) is 0 Å². The van der Waals surface area contributed by atoms with E-state index in [4.69, 9.17) is 5.73 Å². The number of nitrogens with zero attached hydrogens (tertiary/aromatic N) is 3. The average molecular weight is 363 g/mol. The molecule has 144 valence electrons. The number of aliphatic imine (C=N–C) groups is 1. The molecule has 2 aliphatic heterocycles. The zero-order valence-corrected chi connectivity index (χ0v) is 14.7. The van der Waals surface area contributed by atoms with Crippen molar-refractivity contribution in [2.75, 3.05) is 39.3 Å².